The minimum absolute atomic E-state index is 0.0654. The zero-order valence-corrected chi connectivity index (χ0v) is 18.6. The smallest absolute Gasteiger partial charge is 0.240 e. The van der Waals surface area contributed by atoms with Gasteiger partial charge >= 0.3 is 0 Å². The fraction of sp³-hybridized carbons (Fsp3) is 0.435. The highest BCUT2D eigenvalue weighted by molar-refractivity contribution is 7.89. The molecule has 32 heavy (non-hydrogen) atoms. The van der Waals surface area contributed by atoms with E-state index in [9.17, 15) is 12.8 Å². The summed E-state index contributed by atoms with van der Waals surface area (Å²) in [5, 5.41) is 8.91. The minimum atomic E-state index is -3.64. The maximum atomic E-state index is 13.0. The van der Waals surface area contributed by atoms with Crippen molar-refractivity contribution in [1.29, 1.82) is 5.26 Å². The van der Waals surface area contributed by atoms with E-state index in [4.69, 9.17) is 10.00 Å². The van der Waals surface area contributed by atoms with Crippen LogP contribution in [0.1, 0.15) is 11.1 Å². The summed E-state index contributed by atoms with van der Waals surface area (Å²) in [6.07, 6.45) is 1.15. The van der Waals surface area contributed by atoms with Gasteiger partial charge < -0.3 is 4.74 Å². The topological polar surface area (TPSA) is 85.7 Å². The van der Waals surface area contributed by atoms with Gasteiger partial charge in [-0.2, -0.15) is 5.26 Å². The third kappa shape index (κ3) is 5.91. The lowest BCUT2D eigenvalue weighted by molar-refractivity contribution is -0.137. The van der Waals surface area contributed by atoms with Crippen molar-refractivity contribution < 1.29 is 17.5 Å². The standard InChI is InChI=1S/C23H27FN4O3S/c24-20-5-7-23(8-6-20)32(29,30)26-10-12-28-16-21-14-27(15-22(17-28)31-21)11-9-18-1-3-19(13-25)4-2-18/h1-8,21-22,26H,9-12,14-17H2. The van der Waals surface area contributed by atoms with Crippen LogP contribution in [0.25, 0.3) is 0 Å². The SMILES string of the molecule is N#Cc1ccc(CCN2CC3CN(CCNS(=O)(=O)c4ccc(F)cc4)CC(C2)O3)cc1. The highest BCUT2D eigenvalue weighted by Crippen LogP contribution is 2.19. The average molecular weight is 459 g/mol. The molecule has 170 valence electrons. The lowest BCUT2D eigenvalue weighted by atomic mass is 10.1. The van der Waals surface area contributed by atoms with Crippen LogP contribution in [0.15, 0.2) is 53.4 Å². The van der Waals surface area contributed by atoms with E-state index in [1.54, 1.807) is 0 Å². The van der Waals surface area contributed by atoms with Crippen molar-refractivity contribution in [1.82, 2.24) is 14.5 Å². The molecule has 2 unspecified atom stereocenters. The highest BCUT2D eigenvalue weighted by Gasteiger charge is 2.34. The monoisotopic (exact) mass is 458 g/mol. The van der Waals surface area contributed by atoms with Gasteiger partial charge in [0.15, 0.2) is 0 Å². The van der Waals surface area contributed by atoms with Crippen LogP contribution in [0.4, 0.5) is 4.39 Å². The third-order valence-corrected chi connectivity index (χ3v) is 7.35. The van der Waals surface area contributed by atoms with Gasteiger partial charge in [-0.25, -0.2) is 17.5 Å². The van der Waals surface area contributed by atoms with Crippen molar-refractivity contribution >= 4 is 10.0 Å². The van der Waals surface area contributed by atoms with E-state index in [0.29, 0.717) is 18.7 Å². The number of rotatable bonds is 8. The Morgan fingerprint density at radius 3 is 2.16 bits per heavy atom. The number of hydrogen-bond acceptors (Lipinski definition) is 6. The number of nitrogens with one attached hydrogen (secondary N) is 1. The van der Waals surface area contributed by atoms with Gasteiger partial charge in [-0.1, -0.05) is 12.1 Å². The summed E-state index contributed by atoms with van der Waals surface area (Å²) >= 11 is 0. The fourth-order valence-corrected chi connectivity index (χ4v) is 5.32. The van der Waals surface area contributed by atoms with E-state index in [1.807, 2.05) is 24.3 Å². The first kappa shape index (κ1) is 22.8. The molecule has 0 amide bonds. The molecular formula is C23H27FN4O3S. The molecule has 0 aromatic heterocycles. The quantitative estimate of drug-likeness (QED) is 0.647. The van der Waals surface area contributed by atoms with E-state index in [0.717, 1.165) is 51.3 Å². The second-order valence-electron chi connectivity index (χ2n) is 8.31. The van der Waals surface area contributed by atoms with Crippen LogP contribution in [-0.2, 0) is 21.2 Å². The van der Waals surface area contributed by atoms with Crippen LogP contribution >= 0.6 is 0 Å². The van der Waals surface area contributed by atoms with E-state index in [-0.39, 0.29) is 17.1 Å². The Morgan fingerprint density at radius 1 is 0.969 bits per heavy atom. The molecule has 7 nitrogen and oxygen atoms in total. The number of halogens is 1. The summed E-state index contributed by atoms with van der Waals surface area (Å²) in [6, 6.07) is 14.7. The summed E-state index contributed by atoms with van der Waals surface area (Å²) in [5.41, 5.74) is 1.89. The molecule has 2 aliphatic rings. The number of ether oxygens (including phenoxy) is 1. The molecule has 2 atom stereocenters. The normalized spacial score (nSPS) is 21.9. The van der Waals surface area contributed by atoms with E-state index in [1.165, 1.54) is 17.7 Å². The van der Waals surface area contributed by atoms with Crippen molar-refractivity contribution in [2.75, 3.05) is 45.8 Å². The molecule has 0 spiro atoms. The van der Waals surface area contributed by atoms with Crippen LogP contribution in [0.3, 0.4) is 0 Å². The van der Waals surface area contributed by atoms with Crippen LogP contribution in [0, 0.1) is 17.1 Å². The van der Waals surface area contributed by atoms with Gasteiger partial charge in [0.2, 0.25) is 10.0 Å². The third-order valence-electron chi connectivity index (χ3n) is 5.88. The first-order chi connectivity index (χ1) is 15.4. The second-order valence-corrected chi connectivity index (χ2v) is 10.1. The molecular weight excluding hydrogens is 431 g/mol. The van der Waals surface area contributed by atoms with Crippen molar-refractivity contribution in [3.05, 3.63) is 65.5 Å². The van der Waals surface area contributed by atoms with Crippen LogP contribution < -0.4 is 4.72 Å². The Morgan fingerprint density at radius 2 is 1.56 bits per heavy atom. The number of sulfonamides is 1. The Hall–Kier alpha value is -2.35. The van der Waals surface area contributed by atoms with Crippen molar-refractivity contribution in [2.24, 2.45) is 0 Å². The molecule has 2 saturated heterocycles. The fourth-order valence-electron chi connectivity index (χ4n) is 4.29. The molecule has 9 heteroatoms. The number of nitriles is 1. The number of benzene rings is 2. The lowest BCUT2D eigenvalue weighted by Crippen LogP contribution is -2.60. The molecule has 2 bridgehead atoms. The van der Waals surface area contributed by atoms with Gasteiger partial charge in [0, 0.05) is 45.8 Å². The van der Waals surface area contributed by atoms with Crippen molar-refractivity contribution in [2.45, 2.75) is 23.5 Å². The number of morpholine rings is 2. The maximum absolute atomic E-state index is 13.0. The van der Waals surface area contributed by atoms with Gasteiger partial charge in [-0.05, 0) is 48.4 Å². The summed E-state index contributed by atoms with van der Waals surface area (Å²) in [4.78, 5) is 4.73. The maximum Gasteiger partial charge on any atom is 0.240 e. The molecule has 2 aromatic rings. The summed E-state index contributed by atoms with van der Waals surface area (Å²) < 4.78 is 46.4. The Labute approximate surface area is 188 Å². The van der Waals surface area contributed by atoms with Crippen molar-refractivity contribution in [3.8, 4) is 6.07 Å². The Balaban J connectivity index is 1.22. The molecule has 4 rings (SSSR count). The first-order valence-electron chi connectivity index (χ1n) is 10.8. The molecule has 0 radical (unpaired) electrons. The molecule has 2 heterocycles. The molecule has 2 aromatic carbocycles. The van der Waals surface area contributed by atoms with Gasteiger partial charge in [-0.15, -0.1) is 0 Å². The van der Waals surface area contributed by atoms with Gasteiger partial charge in [0.05, 0.1) is 28.7 Å². The van der Waals surface area contributed by atoms with Gasteiger partial charge in [-0.3, -0.25) is 9.80 Å². The molecule has 2 aliphatic heterocycles. The van der Waals surface area contributed by atoms with Crippen LogP contribution in [0.5, 0.6) is 0 Å². The molecule has 0 saturated carbocycles. The zero-order valence-electron chi connectivity index (χ0n) is 17.8. The zero-order chi connectivity index (χ0) is 22.6. The predicted molar refractivity (Wildman–Crippen MR) is 118 cm³/mol. The van der Waals surface area contributed by atoms with E-state index >= 15 is 0 Å². The molecule has 0 aliphatic carbocycles. The molecule has 1 N–H and O–H groups in total. The summed E-state index contributed by atoms with van der Waals surface area (Å²) in [5.74, 6) is -0.463. The van der Waals surface area contributed by atoms with E-state index < -0.39 is 15.8 Å². The van der Waals surface area contributed by atoms with Gasteiger partial charge in [0.1, 0.15) is 5.82 Å². The number of hydrogen-bond donors (Lipinski definition) is 1. The minimum Gasteiger partial charge on any atom is -0.370 e. The summed E-state index contributed by atoms with van der Waals surface area (Å²) in [6.45, 7) is 5.07. The second kappa shape index (κ2) is 10.1. The Kier molecular flexibility index (Phi) is 7.18. The Bertz CT molecular complexity index is 1040. The molecule has 2 fully saturated rings. The number of nitrogens with zero attached hydrogens (tertiary/aromatic N) is 3. The highest BCUT2D eigenvalue weighted by atomic mass is 32.2. The average Bonchev–Trinajstić information content (AvgIpc) is 2.78. The summed E-state index contributed by atoms with van der Waals surface area (Å²) in [7, 11) is -3.64. The first-order valence-corrected chi connectivity index (χ1v) is 12.2. The van der Waals surface area contributed by atoms with Gasteiger partial charge in [0.25, 0.3) is 0 Å². The number of fused-ring (bicyclic) bond motifs is 2. The predicted octanol–water partition coefficient (Wildman–Crippen LogP) is 1.60. The lowest BCUT2D eigenvalue weighted by Gasteiger charge is -2.46. The van der Waals surface area contributed by atoms with Crippen LogP contribution in [-0.4, -0.2) is 76.2 Å². The van der Waals surface area contributed by atoms with Crippen molar-refractivity contribution in [3.63, 3.8) is 0 Å². The van der Waals surface area contributed by atoms with Crippen LogP contribution in [0.2, 0.25) is 0 Å². The van der Waals surface area contributed by atoms with E-state index in [2.05, 4.69) is 20.6 Å². The largest absolute Gasteiger partial charge is 0.370 e.